The SMILES string of the molecule is Cc1ccnc(-n2nc(C(=O)O)c3c2C2CC(C3)C2)c1. The average Bonchev–Trinajstić information content (AvgIpc) is 2.77. The number of pyridine rings is 1. The van der Waals surface area contributed by atoms with Gasteiger partial charge in [-0.25, -0.2) is 14.5 Å². The van der Waals surface area contributed by atoms with Crippen molar-refractivity contribution in [2.45, 2.75) is 32.1 Å². The summed E-state index contributed by atoms with van der Waals surface area (Å²) >= 11 is 0. The van der Waals surface area contributed by atoms with E-state index in [2.05, 4.69) is 10.1 Å². The highest BCUT2D eigenvalue weighted by Gasteiger charge is 2.43. The fourth-order valence-corrected chi connectivity index (χ4v) is 3.48. The second-order valence-corrected chi connectivity index (χ2v) is 5.86. The first kappa shape index (κ1) is 11.6. The smallest absolute Gasteiger partial charge is 0.356 e. The molecule has 5 heteroatoms. The van der Waals surface area contributed by atoms with E-state index >= 15 is 0 Å². The molecule has 2 bridgehead atoms. The van der Waals surface area contributed by atoms with E-state index < -0.39 is 5.97 Å². The Kier molecular flexibility index (Phi) is 2.28. The number of carboxylic acids is 1. The summed E-state index contributed by atoms with van der Waals surface area (Å²) in [5.41, 5.74) is 3.30. The number of carboxylic acid groups (broad SMARTS) is 1. The van der Waals surface area contributed by atoms with Gasteiger partial charge in [-0.05, 0) is 49.8 Å². The Labute approximate surface area is 116 Å². The zero-order valence-corrected chi connectivity index (χ0v) is 11.2. The number of rotatable bonds is 2. The van der Waals surface area contributed by atoms with Gasteiger partial charge in [0.25, 0.3) is 0 Å². The van der Waals surface area contributed by atoms with Crippen LogP contribution in [0.4, 0.5) is 0 Å². The summed E-state index contributed by atoms with van der Waals surface area (Å²) in [6.45, 7) is 2.00. The Morgan fingerprint density at radius 3 is 2.95 bits per heavy atom. The molecule has 3 aliphatic carbocycles. The van der Waals surface area contributed by atoms with Crippen molar-refractivity contribution < 1.29 is 9.90 Å². The molecular formula is C15H15N3O2. The highest BCUT2D eigenvalue weighted by Crippen LogP contribution is 2.50. The third-order valence-electron chi connectivity index (χ3n) is 4.46. The molecule has 2 heterocycles. The Hall–Kier alpha value is -2.17. The van der Waals surface area contributed by atoms with E-state index in [4.69, 9.17) is 0 Å². The lowest BCUT2D eigenvalue weighted by atomic mass is 9.64. The molecule has 0 atom stereocenters. The van der Waals surface area contributed by atoms with Gasteiger partial charge in [0.05, 0.1) is 5.69 Å². The van der Waals surface area contributed by atoms with E-state index in [0.717, 1.165) is 41.9 Å². The predicted octanol–water partition coefficient (Wildman–Crippen LogP) is 2.32. The largest absolute Gasteiger partial charge is 0.476 e. The molecule has 5 rings (SSSR count). The van der Waals surface area contributed by atoms with E-state index in [1.807, 2.05) is 19.1 Å². The molecule has 0 aliphatic heterocycles. The summed E-state index contributed by atoms with van der Waals surface area (Å²) in [4.78, 5) is 15.8. The number of hydrogen-bond acceptors (Lipinski definition) is 3. The summed E-state index contributed by atoms with van der Waals surface area (Å²) in [6.07, 6.45) is 4.90. The number of aryl methyl sites for hydroxylation is 1. The van der Waals surface area contributed by atoms with Crippen molar-refractivity contribution >= 4 is 5.97 Å². The van der Waals surface area contributed by atoms with Crippen LogP contribution in [0.3, 0.4) is 0 Å². The summed E-state index contributed by atoms with van der Waals surface area (Å²) in [6, 6.07) is 3.88. The Balaban J connectivity index is 1.94. The number of aromatic carboxylic acids is 1. The van der Waals surface area contributed by atoms with Gasteiger partial charge >= 0.3 is 5.97 Å². The fourth-order valence-electron chi connectivity index (χ4n) is 3.48. The summed E-state index contributed by atoms with van der Waals surface area (Å²) in [7, 11) is 0. The standard InChI is InChI=1S/C15H15N3O2/c1-8-2-3-16-12(4-8)18-14-10-5-9(6-10)7-11(14)13(17-18)15(19)20/h2-4,9-10H,5-7H2,1H3,(H,19,20). The maximum Gasteiger partial charge on any atom is 0.356 e. The zero-order valence-electron chi connectivity index (χ0n) is 11.2. The lowest BCUT2D eigenvalue weighted by Crippen LogP contribution is -2.32. The van der Waals surface area contributed by atoms with Crippen molar-refractivity contribution in [3.8, 4) is 5.82 Å². The Morgan fingerprint density at radius 2 is 2.25 bits per heavy atom. The molecule has 0 radical (unpaired) electrons. The normalized spacial score (nSPS) is 23.1. The average molecular weight is 269 g/mol. The van der Waals surface area contributed by atoms with Crippen LogP contribution in [-0.4, -0.2) is 25.8 Å². The minimum atomic E-state index is -0.936. The molecule has 0 saturated heterocycles. The van der Waals surface area contributed by atoms with Crippen molar-refractivity contribution in [3.05, 3.63) is 40.8 Å². The van der Waals surface area contributed by atoms with Crippen molar-refractivity contribution in [1.82, 2.24) is 14.8 Å². The first-order valence-corrected chi connectivity index (χ1v) is 6.91. The minimum absolute atomic E-state index is 0.206. The van der Waals surface area contributed by atoms with Crippen LogP contribution in [-0.2, 0) is 6.42 Å². The number of hydrogen-bond donors (Lipinski definition) is 1. The maximum absolute atomic E-state index is 11.4. The van der Waals surface area contributed by atoms with E-state index in [9.17, 15) is 9.90 Å². The van der Waals surface area contributed by atoms with Gasteiger partial charge in [-0.3, -0.25) is 0 Å². The van der Waals surface area contributed by atoms with Crippen molar-refractivity contribution in [1.29, 1.82) is 0 Å². The molecule has 0 unspecified atom stereocenters. The third kappa shape index (κ3) is 1.52. The van der Waals surface area contributed by atoms with Crippen molar-refractivity contribution in [3.63, 3.8) is 0 Å². The molecule has 1 fully saturated rings. The van der Waals surface area contributed by atoms with E-state index in [0.29, 0.717) is 11.8 Å². The van der Waals surface area contributed by atoms with Gasteiger partial charge in [0.2, 0.25) is 0 Å². The molecule has 1 saturated carbocycles. The van der Waals surface area contributed by atoms with Crippen molar-refractivity contribution in [2.24, 2.45) is 5.92 Å². The molecule has 20 heavy (non-hydrogen) atoms. The van der Waals surface area contributed by atoms with Crippen LogP contribution in [0.5, 0.6) is 0 Å². The molecule has 3 aliphatic rings. The predicted molar refractivity (Wildman–Crippen MR) is 72.2 cm³/mol. The van der Waals surface area contributed by atoms with Gasteiger partial charge in [0.15, 0.2) is 11.5 Å². The molecule has 2 aromatic rings. The lowest BCUT2D eigenvalue weighted by molar-refractivity contribution is 0.0687. The molecule has 5 nitrogen and oxygen atoms in total. The maximum atomic E-state index is 11.4. The highest BCUT2D eigenvalue weighted by molar-refractivity contribution is 5.87. The lowest BCUT2D eigenvalue weighted by Gasteiger charge is -2.41. The fraction of sp³-hybridized carbons (Fsp3) is 0.400. The van der Waals surface area contributed by atoms with Crippen molar-refractivity contribution in [2.75, 3.05) is 0 Å². The Morgan fingerprint density at radius 1 is 1.45 bits per heavy atom. The summed E-state index contributed by atoms with van der Waals surface area (Å²) < 4.78 is 1.76. The summed E-state index contributed by atoms with van der Waals surface area (Å²) in [5.74, 6) is 0.883. The van der Waals surface area contributed by atoms with Crippen LogP contribution in [0.25, 0.3) is 5.82 Å². The number of nitrogens with zero attached hydrogens (tertiary/aromatic N) is 3. The van der Waals surface area contributed by atoms with Gasteiger partial charge in [-0.2, -0.15) is 5.10 Å². The molecule has 102 valence electrons. The van der Waals surface area contributed by atoms with Crippen LogP contribution in [0.1, 0.15) is 46.1 Å². The van der Waals surface area contributed by atoms with E-state index in [-0.39, 0.29) is 5.69 Å². The van der Waals surface area contributed by atoms with Gasteiger partial charge in [-0.1, -0.05) is 0 Å². The van der Waals surface area contributed by atoms with E-state index in [1.54, 1.807) is 10.9 Å². The van der Waals surface area contributed by atoms with Crippen LogP contribution >= 0.6 is 0 Å². The minimum Gasteiger partial charge on any atom is -0.476 e. The summed E-state index contributed by atoms with van der Waals surface area (Å²) in [5, 5.41) is 13.7. The second-order valence-electron chi connectivity index (χ2n) is 5.86. The molecule has 2 aromatic heterocycles. The van der Waals surface area contributed by atoms with Crippen LogP contribution in [0, 0.1) is 12.8 Å². The van der Waals surface area contributed by atoms with Gasteiger partial charge in [0, 0.05) is 17.7 Å². The van der Waals surface area contributed by atoms with Crippen LogP contribution in [0.15, 0.2) is 18.3 Å². The first-order valence-electron chi connectivity index (χ1n) is 6.91. The first-order chi connectivity index (χ1) is 9.63. The third-order valence-corrected chi connectivity index (χ3v) is 4.46. The number of aromatic nitrogens is 3. The molecule has 0 spiro atoms. The zero-order chi connectivity index (χ0) is 13.9. The van der Waals surface area contributed by atoms with Gasteiger partial charge in [0.1, 0.15) is 0 Å². The Bertz CT molecular complexity index is 714. The molecular weight excluding hydrogens is 254 g/mol. The van der Waals surface area contributed by atoms with Gasteiger partial charge in [-0.15, -0.1) is 0 Å². The van der Waals surface area contributed by atoms with E-state index in [1.165, 1.54) is 0 Å². The molecule has 0 amide bonds. The topological polar surface area (TPSA) is 68.0 Å². The van der Waals surface area contributed by atoms with Crippen LogP contribution in [0.2, 0.25) is 0 Å². The molecule has 1 N–H and O–H groups in total. The van der Waals surface area contributed by atoms with Crippen LogP contribution < -0.4 is 0 Å². The highest BCUT2D eigenvalue weighted by atomic mass is 16.4. The second kappa shape index (κ2) is 3.91. The molecule has 0 aromatic carbocycles. The quantitative estimate of drug-likeness (QED) is 0.908. The monoisotopic (exact) mass is 269 g/mol. The number of carbonyl (C=O) groups is 1. The van der Waals surface area contributed by atoms with Gasteiger partial charge < -0.3 is 5.11 Å².